The SMILES string of the molecule is O=C(c1ccccc1)C1(Cl)OC1c1ccc([N+](=O)[O-])cc1. The number of ether oxygens (including phenoxy) is 1. The molecule has 0 N–H and O–H groups in total. The molecule has 6 heteroatoms. The van der Waals surface area contributed by atoms with Crippen LogP contribution in [0.4, 0.5) is 5.69 Å². The van der Waals surface area contributed by atoms with Gasteiger partial charge in [0.05, 0.1) is 4.92 Å². The number of benzene rings is 2. The van der Waals surface area contributed by atoms with Gasteiger partial charge in [-0.25, -0.2) is 0 Å². The van der Waals surface area contributed by atoms with Crippen LogP contribution in [0.5, 0.6) is 0 Å². The van der Waals surface area contributed by atoms with Gasteiger partial charge in [-0.3, -0.25) is 14.9 Å². The van der Waals surface area contributed by atoms with Gasteiger partial charge in [-0.2, -0.15) is 0 Å². The average Bonchev–Trinajstić information content (AvgIpc) is 3.21. The van der Waals surface area contributed by atoms with Crippen LogP contribution in [0.3, 0.4) is 0 Å². The van der Waals surface area contributed by atoms with Crippen molar-refractivity contribution in [3.05, 3.63) is 75.8 Å². The minimum absolute atomic E-state index is 0.0195. The van der Waals surface area contributed by atoms with Crippen LogP contribution in [-0.4, -0.2) is 15.8 Å². The first-order valence-corrected chi connectivity index (χ1v) is 6.61. The van der Waals surface area contributed by atoms with Crippen molar-refractivity contribution in [1.82, 2.24) is 0 Å². The van der Waals surface area contributed by atoms with Gasteiger partial charge in [0.25, 0.3) is 5.69 Å². The molecule has 5 nitrogen and oxygen atoms in total. The van der Waals surface area contributed by atoms with Crippen molar-refractivity contribution in [3.8, 4) is 0 Å². The van der Waals surface area contributed by atoms with Crippen LogP contribution in [0.25, 0.3) is 0 Å². The lowest BCUT2D eigenvalue weighted by Gasteiger charge is -2.03. The summed E-state index contributed by atoms with van der Waals surface area (Å²) >= 11 is 6.23. The average molecular weight is 304 g/mol. The summed E-state index contributed by atoms with van der Waals surface area (Å²) in [6.45, 7) is 0. The number of epoxide rings is 1. The molecule has 0 amide bonds. The third-order valence-electron chi connectivity index (χ3n) is 3.32. The zero-order valence-corrected chi connectivity index (χ0v) is 11.5. The normalized spacial score (nSPS) is 23.6. The fraction of sp³-hybridized carbons (Fsp3) is 0.133. The van der Waals surface area contributed by atoms with E-state index in [0.717, 1.165) is 0 Å². The Morgan fingerprint density at radius 2 is 1.76 bits per heavy atom. The standard InChI is InChI=1S/C15H10ClNO4/c16-15(13(18)10-4-2-1-3-5-10)14(21-15)11-6-8-12(9-7-11)17(19)20/h1-9,14H. The van der Waals surface area contributed by atoms with E-state index in [4.69, 9.17) is 16.3 Å². The summed E-state index contributed by atoms with van der Waals surface area (Å²) in [5.41, 5.74) is 1.09. The zero-order valence-electron chi connectivity index (χ0n) is 10.7. The number of carbonyl (C=O) groups excluding carboxylic acids is 1. The minimum Gasteiger partial charge on any atom is -0.337 e. The van der Waals surface area contributed by atoms with Gasteiger partial charge >= 0.3 is 0 Å². The largest absolute Gasteiger partial charge is 0.337 e. The Hall–Kier alpha value is -2.24. The van der Waals surface area contributed by atoms with Crippen LogP contribution >= 0.6 is 11.6 Å². The topological polar surface area (TPSA) is 72.7 Å². The van der Waals surface area contributed by atoms with Gasteiger partial charge in [-0.1, -0.05) is 41.9 Å². The third kappa shape index (κ3) is 2.41. The van der Waals surface area contributed by atoms with E-state index in [1.54, 1.807) is 42.5 Å². The molecule has 3 rings (SSSR count). The lowest BCUT2D eigenvalue weighted by atomic mass is 10.0. The molecule has 1 saturated heterocycles. The van der Waals surface area contributed by atoms with Gasteiger partial charge in [0.1, 0.15) is 6.10 Å². The Labute approximate surface area is 125 Å². The van der Waals surface area contributed by atoms with Gasteiger partial charge in [-0.15, -0.1) is 0 Å². The number of rotatable bonds is 4. The summed E-state index contributed by atoms with van der Waals surface area (Å²) in [5.74, 6) is -0.312. The molecule has 0 bridgehead atoms. The lowest BCUT2D eigenvalue weighted by molar-refractivity contribution is -0.384. The summed E-state index contributed by atoms with van der Waals surface area (Å²) in [4.78, 5) is 22.4. The number of ketones is 1. The Bertz CT molecular complexity index is 701. The molecule has 0 radical (unpaired) electrons. The quantitative estimate of drug-likeness (QED) is 0.285. The molecule has 2 aromatic carbocycles. The molecule has 21 heavy (non-hydrogen) atoms. The second-order valence-electron chi connectivity index (χ2n) is 4.69. The van der Waals surface area contributed by atoms with Crippen LogP contribution in [0.15, 0.2) is 54.6 Å². The van der Waals surface area contributed by atoms with Crippen LogP contribution in [0.1, 0.15) is 22.0 Å². The number of nitro benzene ring substituents is 1. The van der Waals surface area contributed by atoms with E-state index >= 15 is 0 Å². The molecule has 2 unspecified atom stereocenters. The Balaban J connectivity index is 1.81. The second-order valence-corrected chi connectivity index (χ2v) is 5.25. The predicted octanol–water partition coefficient (Wildman–Crippen LogP) is 3.48. The van der Waals surface area contributed by atoms with Crippen molar-refractivity contribution >= 4 is 23.1 Å². The van der Waals surface area contributed by atoms with Gasteiger partial charge < -0.3 is 4.74 Å². The van der Waals surface area contributed by atoms with E-state index in [1.807, 2.05) is 0 Å². The molecule has 1 fully saturated rings. The first-order valence-electron chi connectivity index (χ1n) is 6.23. The van der Waals surface area contributed by atoms with Gasteiger partial charge in [0.15, 0.2) is 0 Å². The Morgan fingerprint density at radius 1 is 1.14 bits per heavy atom. The van der Waals surface area contributed by atoms with Crippen LogP contribution < -0.4 is 0 Å². The zero-order chi connectivity index (χ0) is 15.0. The summed E-state index contributed by atoms with van der Waals surface area (Å²) in [7, 11) is 0. The van der Waals surface area contributed by atoms with E-state index in [-0.39, 0.29) is 11.5 Å². The molecule has 2 atom stereocenters. The maximum absolute atomic E-state index is 12.3. The number of hydrogen-bond acceptors (Lipinski definition) is 4. The van der Waals surface area contributed by atoms with E-state index in [1.165, 1.54) is 12.1 Å². The Kier molecular flexibility index (Phi) is 3.23. The lowest BCUT2D eigenvalue weighted by Crippen LogP contribution is -2.18. The van der Waals surface area contributed by atoms with Gasteiger partial charge in [-0.05, 0) is 17.7 Å². The molecule has 106 valence electrons. The molecular formula is C15H10ClNO4. The number of non-ortho nitro benzene ring substituents is 1. The van der Waals surface area contributed by atoms with E-state index in [0.29, 0.717) is 11.1 Å². The summed E-state index contributed by atoms with van der Waals surface area (Å²) in [6.07, 6.45) is -0.590. The van der Waals surface area contributed by atoms with E-state index in [2.05, 4.69) is 0 Å². The number of hydrogen-bond donors (Lipinski definition) is 0. The number of halogens is 1. The molecule has 1 aliphatic rings. The molecule has 0 aromatic heterocycles. The fourth-order valence-corrected chi connectivity index (χ4v) is 2.47. The Morgan fingerprint density at radius 3 is 2.33 bits per heavy atom. The molecule has 0 saturated carbocycles. The summed E-state index contributed by atoms with van der Waals surface area (Å²) < 4.78 is 5.35. The van der Waals surface area contributed by atoms with Crippen LogP contribution in [0.2, 0.25) is 0 Å². The maximum Gasteiger partial charge on any atom is 0.269 e. The van der Waals surface area contributed by atoms with Crippen molar-refractivity contribution < 1.29 is 14.5 Å². The number of Topliss-reactive ketones (excluding diaryl/α,β-unsaturated/α-hetero) is 1. The van der Waals surface area contributed by atoms with Crippen molar-refractivity contribution in [2.24, 2.45) is 0 Å². The number of nitrogens with zero attached hydrogens (tertiary/aromatic N) is 1. The predicted molar refractivity (Wildman–Crippen MR) is 76.3 cm³/mol. The number of carbonyl (C=O) groups is 1. The second kappa shape index (κ2) is 4.95. The number of nitro groups is 1. The van der Waals surface area contributed by atoms with Gasteiger partial charge in [0.2, 0.25) is 10.8 Å². The van der Waals surface area contributed by atoms with Crippen LogP contribution in [-0.2, 0) is 4.74 Å². The molecule has 0 aliphatic carbocycles. The monoisotopic (exact) mass is 303 g/mol. The van der Waals surface area contributed by atoms with E-state index in [9.17, 15) is 14.9 Å². The fourth-order valence-electron chi connectivity index (χ4n) is 2.15. The molecule has 1 heterocycles. The summed E-state index contributed by atoms with van der Waals surface area (Å²) in [6, 6.07) is 14.5. The first-order chi connectivity index (χ1) is 10.0. The first kappa shape index (κ1) is 13.7. The molecular weight excluding hydrogens is 294 g/mol. The summed E-state index contributed by atoms with van der Waals surface area (Å²) in [5, 5.41) is 9.19. The van der Waals surface area contributed by atoms with Crippen LogP contribution in [0, 0.1) is 10.1 Å². The molecule has 0 spiro atoms. The van der Waals surface area contributed by atoms with Crippen molar-refractivity contribution in [3.63, 3.8) is 0 Å². The molecule has 2 aromatic rings. The highest BCUT2D eigenvalue weighted by Crippen LogP contribution is 2.54. The smallest absolute Gasteiger partial charge is 0.269 e. The van der Waals surface area contributed by atoms with Crippen molar-refractivity contribution in [1.29, 1.82) is 0 Å². The van der Waals surface area contributed by atoms with Gasteiger partial charge in [0, 0.05) is 17.7 Å². The highest BCUT2D eigenvalue weighted by Gasteiger charge is 2.62. The van der Waals surface area contributed by atoms with E-state index < -0.39 is 16.1 Å². The third-order valence-corrected chi connectivity index (χ3v) is 3.78. The minimum atomic E-state index is -1.42. The number of alkyl halides is 1. The van der Waals surface area contributed by atoms with Crippen molar-refractivity contribution in [2.75, 3.05) is 0 Å². The molecule has 1 aliphatic heterocycles. The van der Waals surface area contributed by atoms with Crippen molar-refractivity contribution in [2.45, 2.75) is 11.2 Å². The highest BCUT2D eigenvalue weighted by molar-refractivity contribution is 6.39. The highest BCUT2D eigenvalue weighted by atomic mass is 35.5. The maximum atomic E-state index is 12.3.